The minimum absolute atomic E-state index is 0.0534. The molecule has 8 heteroatoms. The van der Waals surface area contributed by atoms with Gasteiger partial charge in [-0.25, -0.2) is 0 Å². The van der Waals surface area contributed by atoms with Crippen LogP contribution in [-0.2, 0) is 9.53 Å². The van der Waals surface area contributed by atoms with E-state index in [0.29, 0.717) is 18.3 Å². The van der Waals surface area contributed by atoms with Crippen LogP contribution in [0.25, 0.3) is 16.4 Å². The molecule has 0 atom stereocenters. The molecule has 0 radical (unpaired) electrons. The van der Waals surface area contributed by atoms with Crippen molar-refractivity contribution in [2.75, 3.05) is 26.0 Å². The Bertz CT molecular complexity index is 803. The van der Waals surface area contributed by atoms with E-state index in [1.165, 1.54) is 11.8 Å². The number of rotatable bonds is 8. The van der Waals surface area contributed by atoms with Crippen LogP contribution in [0.4, 0.5) is 0 Å². The van der Waals surface area contributed by atoms with Gasteiger partial charge in [0, 0.05) is 19.3 Å². The lowest BCUT2D eigenvalue weighted by molar-refractivity contribution is -0.118. The van der Waals surface area contributed by atoms with Crippen LogP contribution >= 0.6 is 23.1 Å². The molecule has 0 unspecified atom stereocenters. The Hall–Kier alpha value is -2.16. The highest BCUT2D eigenvalue weighted by Gasteiger charge is 2.17. The van der Waals surface area contributed by atoms with Crippen LogP contribution in [0.3, 0.4) is 0 Å². The number of thioether (sulfide) groups is 1. The van der Waals surface area contributed by atoms with E-state index in [2.05, 4.69) is 15.5 Å². The molecule has 25 heavy (non-hydrogen) atoms. The van der Waals surface area contributed by atoms with E-state index in [9.17, 15) is 4.79 Å². The summed E-state index contributed by atoms with van der Waals surface area (Å²) in [7, 11) is 1.61. The van der Waals surface area contributed by atoms with E-state index >= 15 is 0 Å². The number of carbonyl (C=O) groups excluding carboxylic acids is 1. The first-order chi connectivity index (χ1) is 12.3. The van der Waals surface area contributed by atoms with Gasteiger partial charge < -0.3 is 10.1 Å². The number of nitrogens with one attached hydrogen (secondary N) is 1. The number of nitrogens with zero attached hydrogens (tertiary/aromatic N) is 3. The third-order valence-corrected chi connectivity index (χ3v) is 5.14. The van der Waals surface area contributed by atoms with Gasteiger partial charge in [0.25, 0.3) is 0 Å². The van der Waals surface area contributed by atoms with Crippen molar-refractivity contribution in [1.29, 1.82) is 0 Å². The van der Waals surface area contributed by atoms with Gasteiger partial charge in [-0.2, -0.15) is 0 Å². The monoisotopic (exact) mass is 374 g/mol. The van der Waals surface area contributed by atoms with Gasteiger partial charge in [0.2, 0.25) is 5.91 Å². The molecule has 0 bridgehead atoms. The molecule has 130 valence electrons. The quantitative estimate of drug-likeness (QED) is 0.485. The number of para-hydroxylation sites is 1. The van der Waals surface area contributed by atoms with Crippen LogP contribution in [-0.4, -0.2) is 46.7 Å². The molecule has 0 aliphatic heterocycles. The number of carbonyl (C=O) groups is 1. The zero-order chi connectivity index (χ0) is 17.5. The van der Waals surface area contributed by atoms with Crippen molar-refractivity contribution in [3.05, 3.63) is 47.8 Å². The van der Waals surface area contributed by atoms with Gasteiger partial charge in [-0.05, 0) is 23.6 Å². The Balaban J connectivity index is 1.81. The number of amides is 1. The van der Waals surface area contributed by atoms with Crippen molar-refractivity contribution in [3.8, 4) is 16.4 Å². The second-order valence-electron chi connectivity index (χ2n) is 5.09. The highest BCUT2D eigenvalue weighted by molar-refractivity contribution is 7.99. The van der Waals surface area contributed by atoms with Crippen LogP contribution in [0.15, 0.2) is 53.0 Å². The van der Waals surface area contributed by atoms with Crippen molar-refractivity contribution < 1.29 is 9.53 Å². The average molecular weight is 374 g/mol. The summed E-state index contributed by atoms with van der Waals surface area (Å²) in [6.45, 7) is 1.00. The van der Waals surface area contributed by atoms with Crippen molar-refractivity contribution in [2.45, 2.75) is 5.16 Å². The van der Waals surface area contributed by atoms with Crippen LogP contribution in [0.2, 0.25) is 0 Å². The number of hydrogen-bond donors (Lipinski definition) is 1. The molecule has 0 aliphatic rings. The highest BCUT2D eigenvalue weighted by Crippen LogP contribution is 2.30. The highest BCUT2D eigenvalue weighted by atomic mass is 32.2. The molecular formula is C17H18N4O2S2. The largest absolute Gasteiger partial charge is 0.383 e. The summed E-state index contributed by atoms with van der Waals surface area (Å²) < 4.78 is 6.91. The maximum atomic E-state index is 11.9. The van der Waals surface area contributed by atoms with Crippen molar-refractivity contribution in [3.63, 3.8) is 0 Å². The van der Waals surface area contributed by atoms with Crippen LogP contribution in [0.5, 0.6) is 0 Å². The molecule has 2 heterocycles. The number of thiophene rings is 1. The summed E-state index contributed by atoms with van der Waals surface area (Å²) >= 11 is 2.98. The molecule has 0 fully saturated rings. The predicted molar refractivity (Wildman–Crippen MR) is 100 cm³/mol. The molecule has 0 aliphatic carbocycles. The SMILES string of the molecule is COCCNC(=O)CSc1nnc(-c2cccs2)n1-c1ccccc1. The summed E-state index contributed by atoms with van der Waals surface area (Å²) in [5.74, 6) is 1.00. The Morgan fingerprint density at radius 3 is 2.80 bits per heavy atom. The number of hydrogen-bond acceptors (Lipinski definition) is 6. The van der Waals surface area contributed by atoms with Crippen LogP contribution in [0, 0.1) is 0 Å². The van der Waals surface area contributed by atoms with E-state index in [1.54, 1.807) is 18.4 Å². The molecular weight excluding hydrogens is 356 g/mol. The Kier molecular flexibility index (Phi) is 6.21. The third-order valence-electron chi connectivity index (χ3n) is 3.35. The molecule has 1 amide bonds. The molecule has 3 aromatic rings. The van der Waals surface area contributed by atoms with Gasteiger partial charge in [-0.1, -0.05) is 36.0 Å². The first-order valence-electron chi connectivity index (χ1n) is 7.72. The smallest absolute Gasteiger partial charge is 0.230 e. The Morgan fingerprint density at radius 1 is 1.24 bits per heavy atom. The number of methoxy groups -OCH3 is 1. The second-order valence-corrected chi connectivity index (χ2v) is 6.98. The van der Waals surface area contributed by atoms with E-state index in [0.717, 1.165) is 16.4 Å². The minimum Gasteiger partial charge on any atom is -0.383 e. The Labute approximate surface area is 154 Å². The first kappa shape index (κ1) is 17.7. The standard InChI is InChI=1S/C17H18N4O2S2/c1-23-10-9-18-15(22)12-25-17-20-19-16(14-8-5-11-24-14)21(17)13-6-3-2-4-7-13/h2-8,11H,9-10,12H2,1H3,(H,18,22). The van der Waals surface area contributed by atoms with Crippen LogP contribution < -0.4 is 5.32 Å². The zero-order valence-corrected chi connectivity index (χ0v) is 15.3. The Morgan fingerprint density at radius 2 is 2.08 bits per heavy atom. The molecule has 1 N–H and O–H groups in total. The normalized spacial score (nSPS) is 10.8. The number of aromatic nitrogens is 3. The zero-order valence-electron chi connectivity index (χ0n) is 13.7. The fraction of sp³-hybridized carbons (Fsp3) is 0.235. The van der Waals surface area contributed by atoms with Crippen molar-refractivity contribution >= 4 is 29.0 Å². The van der Waals surface area contributed by atoms with Gasteiger partial charge in [-0.3, -0.25) is 9.36 Å². The lowest BCUT2D eigenvalue weighted by atomic mass is 10.3. The summed E-state index contributed by atoms with van der Waals surface area (Å²) in [5, 5.41) is 14.1. The molecule has 3 rings (SSSR count). The fourth-order valence-electron chi connectivity index (χ4n) is 2.21. The van der Waals surface area contributed by atoms with Crippen molar-refractivity contribution in [2.24, 2.45) is 0 Å². The van der Waals surface area contributed by atoms with Crippen LogP contribution in [0.1, 0.15) is 0 Å². The van der Waals surface area contributed by atoms with Gasteiger partial charge in [0.1, 0.15) is 0 Å². The van der Waals surface area contributed by atoms with Gasteiger partial charge in [0.05, 0.1) is 17.2 Å². The maximum absolute atomic E-state index is 11.9. The number of benzene rings is 1. The van der Waals surface area contributed by atoms with Gasteiger partial charge in [-0.15, -0.1) is 21.5 Å². The third kappa shape index (κ3) is 4.47. The first-order valence-corrected chi connectivity index (χ1v) is 9.59. The molecule has 1 aromatic carbocycles. The summed E-state index contributed by atoms with van der Waals surface area (Å²) in [6, 6.07) is 13.9. The lowest BCUT2D eigenvalue weighted by Gasteiger charge is -2.09. The predicted octanol–water partition coefficient (Wildman–Crippen LogP) is 2.85. The maximum Gasteiger partial charge on any atom is 0.230 e. The summed E-state index contributed by atoms with van der Waals surface area (Å²) in [4.78, 5) is 13.0. The average Bonchev–Trinajstić information content (AvgIpc) is 3.30. The molecule has 2 aromatic heterocycles. The molecule has 0 saturated carbocycles. The molecule has 6 nitrogen and oxygen atoms in total. The molecule has 0 saturated heterocycles. The topological polar surface area (TPSA) is 69.0 Å². The van der Waals surface area contributed by atoms with E-state index in [4.69, 9.17) is 4.74 Å². The van der Waals surface area contributed by atoms with Gasteiger partial charge >= 0.3 is 0 Å². The molecule has 0 spiro atoms. The summed E-state index contributed by atoms with van der Waals surface area (Å²) in [5.41, 5.74) is 0.971. The van der Waals surface area contributed by atoms with E-state index < -0.39 is 0 Å². The second kappa shape index (κ2) is 8.80. The summed E-state index contributed by atoms with van der Waals surface area (Å²) in [6.07, 6.45) is 0. The van der Waals surface area contributed by atoms with E-state index in [1.807, 2.05) is 52.4 Å². The van der Waals surface area contributed by atoms with Gasteiger partial charge in [0.15, 0.2) is 11.0 Å². The number of ether oxygens (including phenoxy) is 1. The van der Waals surface area contributed by atoms with E-state index in [-0.39, 0.29) is 11.7 Å². The fourth-order valence-corrected chi connectivity index (χ4v) is 3.69. The lowest BCUT2D eigenvalue weighted by Crippen LogP contribution is -2.28. The minimum atomic E-state index is -0.0534. The van der Waals surface area contributed by atoms with Crippen molar-refractivity contribution in [1.82, 2.24) is 20.1 Å².